The SMILES string of the molecule is COc1ccc2c(c1)S(=O)(=O)CC(C(=O)O)N2. The molecule has 2 N–H and O–H groups in total. The van der Waals surface area contributed by atoms with Crippen LogP contribution in [0.25, 0.3) is 0 Å². The second-order valence-corrected chi connectivity index (χ2v) is 5.68. The predicted octanol–water partition coefficient (Wildman–Crippen LogP) is 0.348. The maximum absolute atomic E-state index is 11.9. The molecular formula is C10H11NO5S. The molecule has 0 spiro atoms. The maximum Gasteiger partial charge on any atom is 0.327 e. The molecule has 0 radical (unpaired) electrons. The van der Waals surface area contributed by atoms with Gasteiger partial charge in [-0.2, -0.15) is 0 Å². The highest BCUT2D eigenvalue weighted by atomic mass is 32.2. The van der Waals surface area contributed by atoms with Gasteiger partial charge in [0, 0.05) is 6.07 Å². The number of nitrogens with one attached hydrogen (secondary N) is 1. The van der Waals surface area contributed by atoms with Gasteiger partial charge in [-0.1, -0.05) is 0 Å². The molecule has 0 aliphatic carbocycles. The fourth-order valence-corrected chi connectivity index (χ4v) is 3.28. The average Bonchev–Trinajstić information content (AvgIpc) is 2.27. The van der Waals surface area contributed by atoms with Crippen molar-refractivity contribution in [1.29, 1.82) is 0 Å². The van der Waals surface area contributed by atoms with Crippen LogP contribution in [-0.4, -0.2) is 38.4 Å². The first-order chi connectivity index (χ1) is 7.94. The van der Waals surface area contributed by atoms with Gasteiger partial charge in [-0.15, -0.1) is 0 Å². The van der Waals surface area contributed by atoms with Crippen LogP contribution in [0.5, 0.6) is 5.75 Å². The molecule has 1 aromatic rings. The van der Waals surface area contributed by atoms with E-state index >= 15 is 0 Å². The van der Waals surface area contributed by atoms with Crippen molar-refractivity contribution in [2.45, 2.75) is 10.9 Å². The fraction of sp³-hybridized carbons (Fsp3) is 0.300. The van der Waals surface area contributed by atoms with E-state index in [1.165, 1.54) is 19.2 Å². The number of hydrogen-bond donors (Lipinski definition) is 2. The molecule has 1 aromatic carbocycles. The summed E-state index contributed by atoms with van der Waals surface area (Å²) in [7, 11) is -2.16. The van der Waals surface area contributed by atoms with Crippen molar-refractivity contribution in [3.63, 3.8) is 0 Å². The molecule has 7 heteroatoms. The number of aliphatic carboxylic acids is 1. The number of fused-ring (bicyclic) bond motifs is 1. The number of sulfone groups is 1. The van der Waals surface area contributed by atoms with E-state index in [1.807, 2.05) is 0 Å². The van der Waals surface area contributed by atoms with E-state index < -0.39 is 27.6 Å². The smallest absolute Gasteiger partial charge is 0.327 e. The Kier molecular flexibility index (Phi) is 2.70. The van der Waals surface area contributed by atoms with E-state index in [0.29, 0.717) is 11.4 Å². The highest BCUT2D eigenvalue weighted by molar-refractivity contribution is 7.91. The van der Waals surface area contributed by atoms with Gasteiger partial charge in [0.05, 0.1) is 23.4 Å². The first-order valence-corrected chi connectivity index (χ1v) is 6.49. The van der Waals surface area contributed by atoms with Crippen molar-refractivity contribution in [1.82, 2.24) is 0 Å². The largest absolute Gasteiger partial charge is 0.497 e. The molecule has 1 aliphatic rings. The number of carbonyl (C=O) groups is 1. The number of rotatable bonds is 2. The lowest BCUT2D eigenvalue weighted by molar-refractivity contribution is -0.137. The lowest BCUT2D eigenvalue weighted by atomic mass is 10.2. The van der Waals surface area contributed by atoms with Crippen LogP contribution in [0.15, 0.2) is 23.1 Å². The summed E-state index contributed by atoms with van der Waals surface area (Å²) < 4.78 is 28.7. The maximum atomic E-state index is 11.9. The summed E-state index contributed by atoms with van der Waals surface area (Å²) in [5, 5.41) is 11.5. The number of benzene rings is 1. The topological polar surface area (TPSA) is 92.7 Å². The summed E-state index contributed by atoms with van der Waals surface area (Å²) in [5.41, 5.74) is 0.296. The summed E-state index contributed by atoms with van der Waals surface area (Å²) in [6.45, 7) is 0. The Balaban J connectivity index is 2.53. The van der Waals surface area contributed by atoms with Gasteiger partial charge in [0.1, 0.15) is 11.8 Å². The van der Waals surface area contributed by atoms with Gasteiger partial charge >= 0.3 is 5.97 Å². The van der Waals surface area contributed by atoms with Crippen LogP contribution in [0.1, 0.15) is 0 Å². The van der Waals surface area contributed by atoms with Gasteiger partial charge in [0.25, 0.3) is 0 Å². The number of carboxylic acid groups (broad SMARTS) is 1. The summed E-state index contributed by atoms with van der Waals surface area (Å²) in [5.74, 6) is -1.22. The number of hydrogen-bond acceptors (Lipinski definition) is 5. The Bertz CT molecular complexity index is 566. The molecule has 1 heterocycles. The molecule has 92 valence electrons. The fourth-order valence-electron chi connectivity index (χ4n) is 1.68. The van der Waals surface area contributed by atoms with Crippen molar-refractivity contribution in [3.05, 3.63) is 18.2 Å². The van der Waals surface area contributed by atoms with Crippen molar-refractivity contribution in [3.8, 4) is 5.75 Å². The Labute approximate surface area is 98.1 Å². The molecule has 0 fully saturated rings. The molecule has 1 aliphatic heterocycles. The van der Waals surface area contributed by atoms with E-state index in [0.717, 1.165) is 0 Å². The minimum absolute atomic E-state index is 0.0781. The zero-order valence-electron chi connectivity index (χ0n) is 9.00. The molecule has 6 nitrogen and oxygen atoms in total. The molecule has 0 aromatic heterocycles. The molecule has 1 unspecified atom stereocenters. The number of methoxy groups -OCH3 is 1. The normalized spacial score (nSPS) is 21.1. The first kappa shape index (κ1) is 11.7. The summed E-state index contributed by atoms with van der Waals surface area (Å²) >= 11 is 0. The second-order valence-electron chi connectivity index (χ2n) is 3.68. The molecule has 0 saturated carbocycles. The minimum atomic E-state index is -3.59. The predicted molar refractivity (Wildman–Crippen MR) is 60.1 cm³/mol. The van der Waals surface area contributed by atoms with Crippen LogP contribution in [0.4, 0.5) is 5.69 Å². The van der Waals surface area contributed by atoms with E-state index in [4.69, 9.17) is 9.84 Å². The Morgan fingerprint density at radius 3 is 2.82 bits per heavy atom. The average molecular weight is 257 g/mol. The van der Waals surface area contributed by atoms with Crippen LogP contribution in [0, 0.1) is 0 Å². The van der Waals surface area contributed by atoms with Crippen molar-refractivity contribution < 1.29 is 23.1 Å². The number of carboxylic acids is 1. The minimum Gasteiger partial charge on any atom is -0.497 e. The molecule has 0 bridgehead atoms. The molecule has 0 amide bonds. The van der Waals surface area contributed by atoms with Crippen LogP contribution < -0.4 is 10.1 Å². The molecular weight excluding hydrogens is 246 g/mol. The Hall–Kier alpha value is -1.76. The Morgan fingerprint density at radius 2 is 2.24 bits per heavy atom. The number of anilines is 1. The van der Waals surface area contributed by atoms with E-state index in [1.54, 1.807) is 6.07 Å². The molecule has 1 atom stereocenters. The van der Waals surface area contributed by atoms with Crippen LogP contribution >= 0.6 is 0 Å². The van der Waals surface area contributed by atoms with Gasteiger partial charge < -0.3 is 15.2 Å². The van der Waals surface area contributed by atoms with Gasteiger partial charge in [-0.25, -0.2) is 13.2 Å². The summed E-state index contributed by atoms with van der Waals surface area (Å²) in [6, 6.07) is 3.35. The van der Waals surface area contributed by atoms with Gasteiger partial charge in [-0.05, 0) is 12.1 Å². The zero-order chi connectivity index (χ0) is 12.6. The summed E-state index contributed by atoms with van der Waals surface area (Å²) in [4.78, 5) is 10.9. The molecule has 17 heavy (non-hydrogen) atoms. The lowest BCUT2D eigenvalue weighted by Crippen LogP contribution is -2.40. The number of ether oxygens (including phenoxy) is 1. The monoisotopic (exact) mass is 257 g/mol. The molecule has 2 rings (SSSR count). The third-order valence-electron chi connectivity index (χ3n) is 2.54. The standard InChI is InChI=1S/C10H11NO5S/c1-16-6-2-3-7-9(4-6)17(14,15)5-8(11-7)10(12)13/h2-4,8,11H,5H2,1H3,(H,12,13). The van der Waals surface area contributed by atoms with E-state index in [9.17, 15) is 13.2 Å². The van der Waals surface area contributed by atoms with Gasteiger partial charge in [0.15, 0.2) is 9.84 Å². The van der Waals surface area contributed by atoms with Crippen molar-refractivity contribution >= 4 is 21.5 Å². The van der Waals surface area contributed by atoms with Crippen molar-refractivity contribution in [2.24, 2.45) is 0 Å². The van der Waals surface area contributed by atoms with Gasteiger partial charge in [-0.3, -0.25) is 0 Å². The third-order valence-corrected chi connectivity index (χ3v) is 4.32. The first-order valence-electron chi connectivity index (χ1n) is 4.84. The third kappa shape index (κ3) is 2.05. The van der Waals surface area contributed by atoms with Gasteiger partial charge in [0.2, 0.25) is 0 Å². The molecule has 0 saturated heterocycles. The second kappa shape index (κ2) is 3.92. The quantitative estimate of drug-likeness (QED) is 0.794. The highest BCUT2D eigenvalue weighted by Crippen LogP contribution is 2.31. The summed E-state index contributed by atoms with van der Waals surface area (Å²) in [6.07, 6.45) is 0. The van der Waals surface area contributed by atoms with Crippen LogP contribution in [0.2, 0.25) is 0 Å². The zero-order valence-corrected chi connectivity index (χ0v) is 9.82. The van der Waals surface area contributed by atoms with E-state index in [-0.39, 0.29) is 4.90 Å². The Morgan fingerprint density at radius 1 is 1.53 bits per heavy atom. The van der Waals surface area contributed by atoms with Crippen molar-refractivity contribution in [2.75, 3.05) is 18.2 Å². The highest BCUT2D eigenvalue weighted by Gasteiger charge is 2.34. The van der Waals surface area contributed by atoms with E-state index in [2.05, 4.69) is 5.32 Å². The van der Waals surface area contributed by atoms with Crippen LogP contribution in [0.3, 0.4) is 0 Å². The lowest BCUT2D eigenvalue weighted by Gasteiger charge is -2.24. The van der Waals surface area contributed by atoms with Crippen LogP contribution in [-0.2, 0) is 14.6 Å².